The number of carbonyl (C=O) groups excluding carboxylic acids is 1. The van der Waals surface area contributed by atoms with E-state index in [1.54, 1.807) is 12.1 Å². The standard InChI is InChI=1S/C29H32ClN3O2/c1-21(2)23-11-15-25(16-12-23)35-19-18-33-27-7-4-3-6-26(27)32-28(33)8-5-17-31-29(34)20-22-9-13-24(30)14-10-22/h3-4,6-7,9-16,21H,5,8,17-20H2,1-2H3,(H,31,34). The minimum atomic E-state index is 0.0118. The molecular formula is C29H32ClN3O2. The van der Waals surface area contributed by atoms with Gasteiger partial charge in [-0.25, -0.2) is 4.98 Å². The number of carbonyl (C=O) groups is 1. The largest absolute Gasteiger partial charge is 0.492 e. The number of ether oxygens (including phenoxy) is 1. The average Bonchev–Trinajstić information content (AvgIpc) is 3.21. The molecule has 1 aromatic heterocycles. The second kappa shape index (κ2) is 11.9. The summed E-state index contributed by atoms with van der Waals surface area (Å²) in [5, 5.41) is 3.69. The molecular weight excluding hydrogens is 458 g/mol. The van der Waals surface area contributed by atoms with Crippen LogP contribution < -0.4 is 10.1 Å². The van der Waals surface area contributed by atoms with Crippen LogP contribution in [0.5, 0.6) is 5.75 Å². The summed E-state index contributed by atoms with van der Waals surface area (Å²) in [5.74, 6) is 2.41. The second-order valence-electron chi connectivity index (χ2n) is 9.00. The number of amides is 1. The van der Waals surface area contributed by atoms with Crippen molar-refractivity contribution in [1.29, 1.82) is 0 Å². The van der Waals surface area contributed by atoms with Crippen LogP contribution in [-0.2, 0) is 24.2 Å². The fourth-order valence-corrected chi connectivity index (χ4v) is 4.22. The topological polar surface area (TPSA) is 56.1 Å². The van der Waals surface area contributed by atoms with Crippen molar-refractivity contribution >= 4 is 28.5 Å². The Morgan fingerprint density at radius 1 is 1.03 bits per heavy atom. The molecule has 35 heavy (non-hydrogen) atoms. The van der Waals surface area contributed by atoms with Gasteiger partial charge in [-0.15, -0.1) is 0 Å². The van der Waals surface area contributed by atoms with E-state index in [1.165, 1.54) is 5.56 Å². The molecule has 1 heterocycles. The summed E-state index contributed by atoms with van der Waals surface area (Å²) in [7, 11) is 0. The maximum atomic E-state index is 12.3. The average molecular weight is 490 g/mol. The van der Waals surface area contributed by atoms with Crippen LogP contribution in [0, 0.1) is 0 Å². The normalized spacial score (nSPS) is 11.2. The van der Waals surface area contributed by atoms with Gasteiger partial charge in [0.1, 0.15) is 18.2 Å². The van der Waals surface area contributed by atoms with Crippen LogP contribution in [0.15, 0.2) is 72.8 Å². The van der Waals surface area contributed by atoms with Gasteiger partial charge in [0.2, 0.25) is 5.91 Å². The molecule has 0 saturated heterocycles. The Morgan fingerprint density at radius 2 is 1.77 bits per heavy atom. The molecule has 0 unspecified atom stereocenters. The third-order valence-electron chi connectivity index (χ3n) is 6.04. The molecule has 4 rings (SSSR count). The maximum absolute atomic E-state index is 12.3. The molecule has 0 spiro atoms. The maximum Gasteiger partial charge on any atom is 0.224 e. The summed E-state index contributed by atoms with van der Waals surface area (Å²) in [5.41, 5.74) is 4.34. The number of nitrogens with zero attached hydrogens (tertiary/aromatic N) is 2. The van der Waals surface area contributed by atoms with E-state index in [1.807, 2.05) is 42.5 Å². The summed E-state index contributed by atoms with van der Waals surface area (Å²) >= 11 is 5.91. The van der Waals surface area contributed by atoms with E-state index in [9.17, 15) is 4.79 Å². The predicted molar refractivity (Wildman–Crippen MR) is 142 cm³/mol. The van der Waals surface area contributed by atoms with Crippen molar-refractivity contribution in [2.45, 2.75) is 45.6 Å². The van der Waals surface area contributed by atoms with Crippen LogP contribution in [0.4, 0.5) is 0 Å². The molecule has 4 aromatic rings. The van der Waals surface area contributed by atoms with Crippen LogP contribution >= 0.6 is 11.6 Å². The van der Waals surface area contributed by atoms with Gasteiger partial charge in [0, 0.05) is 18.0 Å². The van der Waals surface area contributed by atoms with E-state index in [0.29, 0.717) is 37.1 Å². The molecule has 0 radical (unpaired) electrons. The van der Waals surface area contributed by atoms with Crippen molar-refractivity contribution in [3.8, 4) is 5.75 Å². The number of hydrogen-bond acceptors (Lipinski definition) is 3. The number of benzene rings is 3. The van der Waals surface area contributed by atoms with Crippen LogP contribution in [0.1, 0.15) is 43.1 Å². The Bertz CT molecular complexity index is 1250. The number of aromatic nitrogens is 2. The first kappa shape index (κ1) is 24.8. The molecule has 0 aliphatic rings. The van der Waals surface area contributed by atoms with Gasteiger partial charge in [0.05, 0.1) is 24.0 Å². The number of para-hydroxylation sites is 2. The number of imidazole rings is 1. The molecule has 0 aliphatic carbocycles. The van der Waals surface area contributed by atoms with E-state index in [0.717, 1.165) is 41.0 Å². The van der Waals surface area contributed by atoms with Crippen molar-refractivity contribution in [3.05, 3.63) is 94.8 Å². The Kier molecular flexibility index (Phi) is 8.43. The summed E-state index contributed by atoms with van der Waals surface area (Å²) in [4.78, 5) is 17.1. The number of hydrogen-bond donors (Lipinski definition) is 1. The van der Waals surface area contributed by atoms with Gasteiger partial charge < -0.3 is 14.6 Å². The number of aryl methyl sites for hydroxylation is 1. The van der Waals surface area contributed by atoms with Crippen LogP contribution in [0.3, 0.4) is 0 Å². The lowest BCUT2D eigenvalue weighted by atomic mass is 10.0. The minimum absolute atomic E-state index is 0.0118. The zero-order valence-corrected chi connectivity index (χ0v) is 21.1. The van der Waals surface area contributed by atoms with Gasteiger partial charge in [0.15, 0.2) is 0 Å². The monoisotopic (exact) mass is 489 g/mol. The quantitative estimate of drug-likeness (QED) is 0.256. The Labute approximate surface area is 212 Å². The molecule has 3 aromatic carbocycles. The van der Waals surface area contributed by atoms with Crippen molar-refractivity contribution in [2.24, 2.45) is 0 Å². The Morgan fingerprint density at radius 3 is 2.51 bits per heavy atom. The van der Waals surface area contributed by atoms with Gasteiger partial charge >= 0.3 is 0 Å². The van der Waals surface area contributed by atoms with Gasteiger partial charge in [-0.2, -0.15) is 0 Å². The van der Waals surface area contributed by atoms with Crippen LogP contribution in [0.25, 0.3) is 11.0 Å². The van der Waals surface area contributed by atoms with Gasteiger partial charge in [-0.05, 0) is 59.9 Å². The molecule has 0 saturated carbocycles. The van der Waals surface area contributed by atoms with E-state index < -0.39 is 0 Å². The molecule has 0 bridgehead atoms. The third kappa shape index (κ3) is 6.86. The highest BCUT2D eigenvalue weighted by molar-refractivity contribution is 6.30. The number of halogens is 1. The summed E-state index contributed by atoms with van der Waals surface area (Å²) in [6.07, 6.45) is 1.94. The molecule has 182 valence electrons. The zero-order chi connectivity index (χ0) is 24.6. The molecule has 0 fully saturated rings. The van der Waals surface area contributed by atoms with Gasteiger partial charge in [-0.3, -0.25) is 4.79 Å². The van der Waals surface area contributed by atoms with Crippen LogP contribution in [-0.4, -0.2) is 28.6 Å². The zero-order valence-electron chi connectivity index (χ0n) is 20.3. The highest BCUT2D eigenvalue weighted by Gasteiger charge is 2.11. The highest BCUT2D eigenvalue weighted by Crippen LogP contribution is 2.20. The van der Waals surface area contributed by atoms with Crippen molar-refractivity contribution < 1.29 is 9.53 Å². The van der Waals surface area contributed by atoms with Gasteiger partial charge in [-0.1, -0.05) is 61.8 Å². The minimum Gasteiger partial charge on any atom is -0.492 e. The molecule has 0 aliphatic heterocycles. The fourth-order valence-electron chi connectivity index (χ4n) is 4.09. The predicted octanol–water partition coefficient (Wildman–Crippen LogP) is 6.18. The van der Waals surface area contributed by atoms with E-state index in [-0.39, 0.29) is 5.91 Å². The van der Waals surface area contributed by atoms with E-state index in [4.69, 9.17) is 21.3 Å². The lowest BCUT2D eigenvalue weighted by Crippen LogP contribution is -2.26. The Hall–Kier alpha value is -3.31. The summed E-state index contributed by atoms with van der Waals surface area (Å²) in [6.45, 7) is 6.25. The third-order valence-corrected chi connectivity index (χ3v) is 6.29. The Balaban J connectivity index is 1.31. The molecule has 6 heteroatoms. The fraction of sp³-hybridized carbons (Fsp3) is 0.310. The molecule has 1 N–H and O–H groups in total. The lowest BCUT2D eigenvalue weighted by molar-refractivity contribution is -0.120. The summed E-state index contributed by atoms with van der Waals surface area (Å²) in [6, 6.07) is 23.9. The SMILES string of the molecule is CC(C)c1ccc(OCCn2c(CCCNC(=O)Cc3ccc(Cl)cc3)nc3ccccc32)cc1. The smallest absolute Gasteiger partial charge is 0.224 e. The second-order valence-corrected chi connectivity index (χ2v) is 9.43. The van der Waals surface area contributed by atoms with Crippen molar-refractivity contribution in [1.82, 2.24) is 14.9 Å². The molecule has 1 amide bonds. The molecule has 5 nitrogen and oxygen atoms in total. The summed E-state index contributed by atoms with van der Waals surface area (Å²) < 4.78 is 8.25. The number of nitrogens with one attached hydrogen (secondary N) is 1. The molecule has 0 atom stereocenters. The highest BCUT2D eigenvalue weighted by atomic mass is 35.5. The van der Waals surface area contributed by atoms with Gasteiger partial charge in [0.25, 0.3) is 0 Å². The lowest BCUT2D eigenvalue weighted by Gasteiger charge is -2.12. The number of fused-ring (bicyclic) bond motifs is 1. The van der Waals surface area contributed by atoms with Crippen LogP contribution in [0.2, 0.25) is 5.02 Å². The van der Waals surface area contributed by atoms with E-state index in [2.05, 4.69) is 41.9 Å². The first-order valence-corrected chi connectivity index (χ1v) is 12.6. The first-order chi connectivity index (χ1) is 17.0. The van der Waals surface area contributed by atoms with Crippen molar-refractivity contribution in [3.63, 3.8) is 0 Å². The number of rotatable bonds is 11. The van der Waals surface area contributed by atoms with Crippen molar-refractivity contribution in [2.75, 3.05) is 13.2 Å². The first-order valence-electron chi connectivity index (χ1n) is 12.2. The van der Waals surface area contributed by atoms with E-state index >= 15 is 0 Å².